The molecule has 1 aromatic heterocycles. The van der Waals surface area contributed by atoms with E-state index in [1.165, 1.54) is 6.42 Å². The molecule has 0 spiro atoms. The van der Waals surface area contributed by atoms with Gasteiger partial charge in [-0.05, 0) is 24.7 Å². The molecule has 3 N–H and O–H groups in total. The summed E-state index contributed by atoms with van der Waals surface area (Å²) in [6.07, 6.45) is 3.34. The number of nitrogens with zero attached hydrogens (tertiary/aromatic N) is 3. The Morgan fingerprint density at radius 3 is 2.74 bits per heavy atom. The zero-order valence-corrected chi connectivity index (χ0v) is 11.6. The van der Waals surface area contributed by atoms with Crippen LogP contribution in [0.1, 0.15) is 25.5 Å². The molecule has 104 valence electrons. The Balaban J connectivity index is 1.75. The summed E-state index contributed by atoms with van der Waals surface area (Å²) in [5.41, 5.74) is 6.94. The molecule has 0 saturated carbocycles. The molecule has 0 bridgehead atoms. The van der Waals surface area contributed by atoms with Crippen molar-refractivity contribution in [2.45, 2.75) is 26.2 Å². The molecule has 2 fully saturated rings. The zero-order chi connectivity index (χ0) is 13.2. The number of anilines is 2. The van der Waals surface area contributed by atoms with Crippen molar-refractivity contribution in [3.8, 4) is 0 Å². The first-order chi connectivity index (χ1) is 9.26. The van der Waals surface area contributed by atoms with Gasteiger partial charge in [0.1, 0.15) is 5.82 Å². The Bertz CT molecular complexity index is 435. The van der Waals surface area contributed by atoms with Gasteiger partial charge in [-0.1, -0.05) is 13.3 Å². The fourth-order valence-electron chi connectivity index (χ4n) is 3.19. The number of nitrogens with two attached hydrogens (primary N) is 1. The third-order valence-corrected chi connectivity index (χ3v) is 4.28. The van der Waals surface area contributed by atoms with Crippen LogP contribution in [0.2, 0.25) is 0 Å². The molecule has 1 aromatic rings. The third kappa shape index (κ3) is 2.66. The van der Waals surface area contributed by atoms with E-state index in [9.17, 15) is 0 Å². The van der Waals surface area contributed by atoms with Gasteiger partial charge in [0.05, 0.1) is 0 Å². The van der Waals surface area contributed by atoms with Crippen LogP contribution < -0.4 is 16.0 Å². The summed E-state index contributed by atoms with van der Waals surface area (Å²) in [4.78, 5) is 11.1. The molecule has 0 aliphatic carbocycles. The van der Waals surface area contributed by atoms with Gasteiger partial charge in [-0.15, -0.1) is 0 Å². The van der Waals surface area contributed by atoms with Crippen LogP contribution in [-0.4, -0.2) is 36.1 Å². The SMILES string of the molecule is CCCCc1cc(N2C[C@H]3CNC[C@H]3C2)nc(N)n1. The minimum Gasteiger partial charge on any atom is -0.368 e. The summed E-state index contributed by atoms with van der Waals surface area (Å²) in [6.45, 7) is 6.68. The molecule has 2 saturated heterocycles. The lowest BCUT2D eigenvalue weighted by Gasteiger charge is -2.19. The van der Waals surface area contributed by atoms with E-state index in [1.807, 2.05) is 0 Å². The van der Waals surface area contributed by atoms with E-state index in [2.05, 4.69) is 33.2 Å². The highest BCUT2D eigenvalue weighted by molar-refractivity contribution is 5.45. The predicted octanol–water partition coefficient (Wildman–Crippen LogP) is 1.06. The smallest absolute Gasteiger partial charge is 0.222 e. The summed E-state index contributed by atoms with van der Waals surface area (Å²) in [6, 6.07) is 2.13. The summed E-state index contributed by atoms with van der Waals surface area (Å²) in [5, 5.41) is 3.46. The maximum Gasteiger partial charge on any atom is 0.222 e. The molecule has 0 amide bonds. The molecule has 3 heterocycles. The van der Waals surface area contributed by atoms with Crippen molar-refractivity contribution in [3.05, 3.63) is 11.8 Å². The van der Waals surface area contributed by atoms with Crippen molar-refractivity contribution in [3.63, 3.8) is 0 Å². The molecule has 0 aromatic carbocycles. The minimum atomic E-state index is 0.416. The van der Waals surface area contributed by atoms with Crippen LogP contribution in [0.5, 0.6) is 0 Å². The van der Waals surface area contributed by atoms with Gasteiger partial charge >= 0.3 is 0 Å². The number of rotatable bonds is 4. The molecule has 5 heteroatoms. The van der Waals surface area contributed by atoms with Crippen molar-refractivity contribution in [1.29, 1.82) is 0 Å². The second kappa shape index (κ2) is 5.33. The maximum absolute atomic E-state index is 5.85. The van der Waals surface area contributed by atoms with Gasteiger partial charge in [0.15, 0.2) is 0 Å². The van der Waals surface area contributed by atoms with Gasteiger partial charge in [-0.3, -0.25) is 0 Å². The van der Waals surface area contributed by atoms with Crippen LogP contribution in [0, 0.1) is 11.8 Å². The highest BCUT2D eigenvalue weighted by Gasteiger charge is 2.36. The molecule has 2 aliphatic heterocycles. The van der Waals surface area contributed by atoms with E-state index >= 15 is 0 Å². The number of aryl methyl sites for hydroxylation is 1. The van der Waals surface area contributed by atoms with Gasteiger partial charge in [0.25, 0.3) is 0 Å². The number of hydrogen-bond acceptors (Lipinski definition) is 5. The van der Waals surface area contributed by atoms with E-state index < -0.39 is 0 Å². The third-order valence-electron chi connectivity index (χ3n) is 4.28. The van der Waals surface area contributed by atoms with E-state index in [0.29, 0.717) is 5.95 Å². The Hall–Kier alpha value is -1.36. The van der Waals surface area contributed by atoms with E-state index in [-0.39, 0.29) is 0 Å². The van der Waals surface area contributed by atoms with Crippen LogP contribution >= 0.6 is 0 Å². The second-order valence-corrected chi connectivity index (χ2v) is 5.76. The predicted molar refractivity (Wildman–Crippen MR) is 77.1 cm³/mol. The molecule has 19 heavy (non-hydrogen) atoms. The molecular weight excluding hydrogens is 238 g/mol. The average Bonchev–Trinajstić information content (AvgIpc) is 2.96. The number of aromatic nitrogens is 2. The number of nitrogens with one attached hydrogen (secondary N) is 1. The Kier molecular flexibility index (Phi) is 3.55. The highest BCUT2D eigenvalue weighted by Crippen LogP contribution is 2.30. The molecule has 0 unspecified atom stereocenters. The van der Waals surface area contributed by atoms with Crippen molar-refractivity contribution in [2.24, 2.45) is 11.8 Å². The first-order valence-corrected chi connectivity index (χ1v) is 7.35. The van der Waals surface area contributed by atoms with Crippen LogP contribution in [-0.2, 0) is 6.42 Å². The molecule has 0 radical (unpaired) electrons. The van der Waals surface area contributed by atoms with E-state index in [0.717, 1.165) is 62.4 Å². The first-order valence-electron chi connectivity index (χ1n) is 7.35. The van der Waals surface area contributed by atoms with Gasteiger partial charge in [-0.2, -0.15) is 4.98 Å². The number of unbranched alkanes of at least 4 members (excludes halogenated alkanes) is 1. The molecular formula is C14H23N5. The summed E-state index contributed by atoms with van der Waals surface area (Å²) in [7, 11) is 0. The maximum atomic E-state index is 5.85. The normalized spacial score (nSPS) is 25.8. The van der Waals surface area contributed by atoms with Gasteiger partial charge in [-0.25, -0.2) is 4.98 Å². The highest BCUT2D eigenvalue weighted by atomic mass is 15.2. The monoisotopic (exact) mass is 261 g/mol. The van der Waals surface area contributed by atoms with Crippen LogP contribution in [0.4, 0.5) is 11.8 Å². The van der Waals surface area contributed by atoms with Crippen LogP contribution in [0.15, 0.2) is 6.07 Å². The lowest BCUT2D eigenvalue weighted by molar-refractivity contribution is 0.533. The standard InChI is InChI=1S/C14H23N5/c1-2-3-4-12-5-13(18-14(15)17-12)19-8-10-6-16-7-11(10)9-19/h5,10-11,16H,2-4,6-9H2,1H3,(H2,15,17,18)/t10-,11+. The fraction of sp³-hybridized carbons (Fsp3) is 0.714. The van der Waals surface area contributed by atoms with Gasteiger partial charge < -0.3 is 16.0 Å². The number of nitrogen functional groups attached to an aromatic ring is 1. The quantitative estimate of drug-likeness (QED) is 0.848. The molecule has 5 nitrogen and oxygen atoms in total. The van der Waals surface area contributed by atoms with Crippen molar-refractivity contribution >= 4 is 11.8 Å². The van der Waals surface area contributed by atoms with Gasteiger partial charge in [0, 0.05) is 37.9 Å². The van der Waals surface area contributed by atoms with E-state index in [1.54, 1.807) is 0 Å². The van der Waals surface area contributed by atoms with Crippen molar-refractivity contribution in [1.82, 2.24) is 15.3 Å². The average molecular weight is 261 g/mol. The minimum absolute atomic E-state index is 0.416. The number of fused-ring (bicyclic) bond motifs is 1. The van der Waals surface area contributed by atoms with Crippen molar-refractivity contribution in [2.75, 3.05) is 36.8 Å². The first kappa shape index (κ1) is 12.7. The molecule has 2 aliphatic rings. The Labute approximate surface area is 114 Å². The molecule has 2 atom stereocenters. The topological polar surface area (TPSA) is 67.1 Å². The lowest BCUT2D eigenvalue weighted by Crippen LogP contribution is -2.26. The number of hydrogen-bond donors (Lipinski definition) is 2. The van der Waals surface area contributed by atoms with Gasteiger partial charge in [0.2, 0.25) is 5.95 Å². The summed E-state index contributed by atoms with van der Waals surface area (Å²) in [5.74, 6) is 2.98. The van der Waals surface area contributed by atoms with Crippen molar-refractivity contribution < 1.29 is 0 Å². The van der Waals surface area contributed by atoms with Crippen LogP contribution in [0.25, 0.3) is 0 Å². The Morgan fingerprint density at radius 1 is 1.32 bits per heavy atom. The van der Waals surface area contributed by atoms with Crippen LogP contribution in [0.3, 0.4) is 0 Å². The Morgan fingerprint density at radius 2 is 2.05 bits per heavy atom. The lowest BCUT2D eigenvalue weighted by atomic mass is 10.0. The largest absolute Gasteiger partial charge is 0.368 e. The fourth-order valence-corrected chi connectivity index (χ4v) is 3.19. The van der Waals surface area contributed by atoms with E-state index in [4.69, 9.17) is 5.73 Å². The summed E-state index contributed by atoms with van der Waals surface area (Å²) >= 11 is 0. The second-order valence-electron chi connectivity index (χ2n) is 5.76. The molecule has 3 rings (SSSR count). The summed E-state index contributed by atoms with van der Waals surface area (Å²) < 4.78 is 0. The zero-order valence-electron chi connectivity index (χ0n) is 11.6.